The molecular formula is C22H39IN6O. The second-order valence-electron chi connectivity index (χ2n) is 8.00. The van der Waals surface area contributed by atoms with Crippen LogP contribution in [0.2, 0.25) is 0 Å². The van der Waals surface area contributed by atoms with E-state index in [0.717, 1.165) is 44.4 Å². The summed E-state index contributed by atoms with van der Waals surface area (Å²) < 4.78 is 5.26. The van der Waals surface area contributed by atoms with E-state index >= 15 is 0 Å². The average Bonchev–Trinajstić information content (AvgIpc) is 2.78. The Morgan fingerprint density at radius 3 is 2.23 bits per heavy atom. The molecule has 1 aromatic carbocycles. The smallest absolute Gasteiger partial charge is 0.193 e. The quantitative estimate of drug-likeness (QED) is 0.252. The Hall–Kier alpha value is -1.26. The van der Waals surface area contributed by atoms with Crippen LogP contribution in [0.15, 0.2) is 29.3 Å². The van der Waals surface area contributed by atoms with Gasteiger partial charge in [0.1, 0.15) is 5.75 Å². The minimum absolute atomic E-state index is 0. The van der Waals surface area contributed by atoms with E-state index in [2.05, 4.69) is 49.1 Å². The highest BCUT2D eigenvalue weighted by Gasteiger charge is 2.20. The number of unbranched alkanes of at least 4 members (excludes halogenated alkanes) is 1. The van der Waals surface area contributed by atoms with Crippen LogP contribution in [0.25, 0.3) is 0 Å². The van der Waals surface area contributed by atoms with Gasteiger partial charge < -0.3 is 29.7 Å². The van der Waals surface area contributed by atoms with Gasteiger partial charge >= 0.3 is 0 Å². The van der Waals surface area contributed by atoms with Crippen molar-refractivity contribution >= 4 is 35.6 Å². The van der Waals surface area contributed by atoms with Gasteiger partial charge in [-0.1, -0.05) is 0 Å². The first kappa shape index (κ1) is 25.0. The number of methoxy groups -OCH3 is 1. The van der Waals surface area contributed by atoms with Crippen molar-refractivity contribution < 1.29 is 4.74 Å². The van der Waals surface area contributed by atoms with Crippen LogP contribution < -0.4 is 15.0 Å². The Labute approximate surface area is 199 Å². The molecule has 0 atom stereocenters. The van der Waals surface area contributed by atoms with Crippen molar-refractivity contribution in [2.24, 2.45) is 4.99 Å². The highest BCUT2D eigenvalue weighted by atomic mass is 127. The van der Waals surface area contributed by atoms with E-state index in [1.54, 1.807) is 7.11 Å². The topological polar surface area (TPSA) is 46.6 Å². The number of halogens is 1. The van der Waals surface area contributed by atoms with Crippen molar-refractivity contribution in [3.8, 4) is 5.75 Å². The molecule has 0 aromatic heterocycles. The summed E-state index contributed by atoms with van der Waals surface area (Å²) in [5.41, 5.74) is 1.26. The molecule has 7 nitrogen and oxygen atoms in total. The Balaban J connectivity index is 0.00000320. The van der Waals surface area contributed by atoms with Crippen molar-refractivity contribution in [3.63, 3.8) is 0 Å². The largest absolute Gasteiger partial charge is 0.497 e. The lowest BCUT2D eigenvalue weighted by Gasteiger charge is -2.37. The van der Waals surface area contributed by atoms with Gasteiger partial charge in [0.25, 0.3) is 0 Å². The van der Waals surface area contributed by atoms with E-state index in [1.807, 2.05) is 19.2 Å². The van der Waals surface area contributed by atoms with Crippen molar-refractivity contribution in [1.29, 1.82) is 0 Å². The van der Waals surface area contributed by atoms with Crippen LogP contribution in [-0.2, 0) is 0 Å². The average molecular weight is 530 g/mol. The normalized spacial score (nSPS) is 18.8. The molecule has 8 heteroatoms. The maximum absolute atomic E-state index is 5.26. The van der Waals surface area contributed by atoms with Crippen molar-refractivity contribution in [2.45, 2.75) is 12.8 Å². The minimum Gasteiger partial charge on any atom is -0.497 e. The van der Waals surface area contributed by atoms with E-state index in [4.69, 9.17) is 4.74 Å². The molecule has 0 saturated carbocycles. The van der Waals surface area contributed by atoms with Gasteiger partial charge in [-0.05, 0) is 50.7 Å². The van der Waals surface area contributed by atoms with Crippen LogP contribution in [0.5, 0.6) is 5.75 Å². The summed E-state index contributed by atoms with van der Waals surface area (Å²) in [6.07, 6.45) is 2.44. The van der Waals surface area contributed by atoms with Gasteiger partial charge in [0.15, 0.2) is 5.96 Å². The molecule has 1 N–H and O–H groups in total. The molecule has 170 valence electrons. The summed E-state index contributed by atoms with van der Waals surface area (Å²) >= 11 is 0. The van der Waals surface area contributed by atoms with Crippen molar-refractivity contribution in [1.82, 2.24) is 20.0 Å². The zero-order chi connectivity index (χ0) is 20.5. The lowest BCUT2D eigenvalue weighted by molar-refractivity contribution is 0.152. The zero-order valence-corrected chi connectivity index (χ0v) is 21.2. The van der Waals surface area contributed by atoms with E-state index in [9.17, 15) is 0 Å². The molecule has 2 aliphatic heterocycles. The van der Waals surface area contributed by atoms with Gasteiger partial charge in [0, 0.05) is 71.6 Å². The molecule has 1 aromatic rings. The number of hydrogen-bond acceptors (Lipinski definition) is 5. The van der Waals surface area contributed by atoms with Gasteiger partial charge in [-0.25, -0.2) is 0 Å². The predicted molar refractivity (Wildman–Crippen MR) is 137 cm³/mol. The first-order chi connectivity index (χ1) is 14.2. The fourth-order valence-electron chi connectivity index (χ4n) is 4.03. The second kappa shape index (κ2) is 13.2. The standard InChI is InChI=1S/C22H38N6O.HI/c1-23-22(24-10-4-5-11-26-14-12-25(2)13-15-26)28-18-16-27(17-19-28)20-6-8-21(29-3)9-7-20;/h6-9H,4-5,10-19H2,1-3H3,(H,23,24);1H. The molecule has 0 aliphatic carbocycles. The highest BCUT2D eigenvalue weighted by Crippen LogP contribution is 2.20. The molecule has 0 spiro atoms. The summed E-state index contributed by atoms with van der Waals surface area (Å²) in [6, 6.07) is 8.35. The Morgan fingerprint density at radius 2 is 1.63 bits per heavy atom. The molecule has 0 bridgehead atoms. The number of nitrogens with zero attached hydrogens (tertiary/aromatic N) is 5. The second-order valence-corrected chi connectivity index (χ2v) is 8.00. The van der Waals surface area contributed by atoms with E-state index < -0.39 is 0 Å². The van der Waals surface area contributed by atoms with E-state index in [0.29, 0.717) is 0 Å². The molecule has 2 fully saturated rings. The number of rotatable bonds is 7. The number of aliphatic imine (C=N–C) groups is 1. The van der Waals surface area contributed by atoms with Crippen LogP contribution in [0.3, 0.4) is 0 Å². The number of benzene rings is 1. The SMILES string of the molecule is CN=C(NCCCCN1CCN(C)CC1)N1CCN(c2ccc(OC)cc2)CC1.I. The maximum atomic E-state index is 5.26. The van der Waals surface area contributed by atoms with Crippen molar-refractivity contribution in [3.05, 3.63) is 24.3 Å². The Morgan fingerprint density at radius 1 is 0.967 bits per heavy atom. The number of ether oxygens (including phenoxy) is 1. The number of hydrogen-bond donors (Lipinski definition) is 1. The van der Waals surface area contributed by atoms with Crippen LogP contribution in [0.4, 0.5) is 5.69 Å². The van der Waals surface area contributed by atoms with Crippen LogP contribution >= 0.6 is 24.0 Å². The Kier molecular flexibility index (Phi) is 11.0. The van der Waals surface area contributed by atoms with Crippen LogP contribution in [-0.4, -0.2) is 107 Å². The summed E-state index contributed by atoms with van der Waals surface area (Å²) in [4.78, 5) is 14.3. The summed E-state index contributed by atoms with van der Waals surface area (Å²) in [5.74, 6) is 1.95. The molecule has 3 rings (SSSR count). The summed E-state index contributed by atoms with van der Waals surface area (Å²) in [5, 5.41) is 3.57. The first-order valence-electron chi connectivity index (χ1n) is 10.9. The summed E-state index contributed by atoms with van der Waals surface area (Å²) in [7, 11) is 5.81. The number of likely N-dealkylation sites (N-methyl/N-ethyl adjacent to an activating group) is 1. The maximum Gasteiger partial charge on any atom is 0.193 e. The number of guanidine groups is 1. The van der Waals surface area contributed by atoms with Crippen molar-refractivity contribution in [2.75, 3.05) is 91.6 Å². The molecule has 30 heavy (non-hydrogen) atoms. The molecule has 0 radical (unpaired) electrons. The van der Waals surface area contributed by atoms with Crippen LogP contribution in [0.1, 0.15) is 12.8 Å². The third-order valence-corrected chi connectivity index (χ3v) is 6.01. The monoisotopic (exact) mass is 530 g/mol. The van der Waals surface area contributed by atoms with Gasteiger partial charge in [-0.3, -0.25) is 4.99 Å². The predicted octanol–water partition coefficient (Wildman–Crippen LogP) is 2.04. The molecule has 0 unspecified atom stereocenters. The summed E-state index contributed by atoms with van der Waals surface area (Å²) in [6.45, 7) is 11.1. The van der Waals surface area contributed by atoms with Gasteiger partial charge in [0.2, 0.25) is 0 Å². The molecule has 2 aliphatic rings. The number of nitrogens with one attached hydrogen (secondary N) is 1. The molecular weight excluding hydrogens is 491 g/mol. The molecule has 2 saturated heterocycles. The Bertz CT molecular complexity index is 625. The van der Waals surface area contributed by atoms with E-state index in [-0.39, 0.29) is 24.0 Å². The highest BCUT2D eigenvalue weighted by molar-refractivity contribution is 14.0. The lowest BCUT2D eigenvalue weighted by atomic mass is 10.2. The minimum atomic E-state index is 0. The fraction of sp³-hybridized carbons (Fsp3) is 0.682. The van der Waals surface area contributed by atoms with Gasteiger partial charge in [-0.15, -0.1) is 24.0 Å². The third-order valence-electron chi connectivity index (χ3n) is 6.01. The van der Waals surface area contributed by atoms with Gasteiger partial charge in [-0.2, -0.15) is 0 Å². The lowest BCUT2D eigenvalue weighted by Crippen LogP contribution is -2.52. The fourth-order valence-corrected chi connectivity index (χ4v) is 4.03. The molecule has 2 heterocycles. The first-order valence-corrected chi connectivity index (χ1v) is 10.9. The third kappa shape index (κ3) is 7.46. The van der Waals surface area contributed by atoms with Gasteiger partial charge in [0.05, 0.1) is 7.11 Å². The van der Waals surface area contributed by atoms with Crippen LogP contribution in [0, 0.1) is 0 Å². The van der Waals surface area contributed by atoms with E-state index in [1.165, 1.54) is 51.3 Å². The molecule has 0 amide bonds. The number of piperazine rings is 2. The number of anilines is 1. The zero-order valence-electron chi connectivity index (χ0n) is 18.8.